The molecule has 1 amide bonds. The van der Waals surface area contributed by atoms with Crippen molar-refractivity contribution in [3.8, 4) is 0 Å². The van der Waals surface area contributed by atoms with Gasteiger partial charge in [-0.1, -0.05) is 0 Å². The summed E-state index contributed by atoms with van der Waals surface area (Å²) < 4.78 is 76.4. The summed E-state index contributed by atoms with van der Waals surface area (Å²) in [5, 5.41) is 2.22. The molecule has 0 aliphatic carbocycles. The van der Waals surface area contributed by atoms with E-state index in [9.17, 15) is 31.1 Å². The van der Waals surface area contributed by atoms with Gasteiger partial charge in [-0.3, -0.25) is 4.79 Å². The van der Waals surface area contributed by atoms with Crippen LogP contribution in [-0.4, -0.2) is 15.9 Å². The van der Waals surface area contributed by atoms with Gasteiger partial charge >= 0.3 is 12.4 Å². The van der Waals surface area contributed by atoms with Crippen molar-refractivity contribution in [2.24, 2.45) is 0 Å². The molecule has 0 aliphatic heterocycles. The molecule has 0 bridgehead atoms. The number of carbonyl (C=O) groups excluding carboxylic acids is 1. The second-order valence-corrected chi connectivity index (χ2v) is 4.72. The van der Waals surface area contributed by atoms with Crippen molar-refractivity contribution in [3.05, 3.63) is 59.2 Å². The van der Waals surface area contributed by atoms with E-state index in [2.05, 4.69) is 15.3 Å². The van der Waals surface area contributed by atoms with E-state index < -0.39 is 35.9 Å². The minimum atomic E-state index is -4.94. The molecule has 0 atom stereocenters. The van der Waals surface area contributed by atoms with Crippen molar-refractivity contribution in [2.45, 2.75) is 18.9 Å². The highest BCUT2D eigenvalue weighted by Crippen LogP contribution is 2.36. The fourth-order valence-electron chi connectivity index (χ4n) is 1.82. The average molecular weight is 349 g/mol. The molecule has 2 aromatic rings. The molecule has 4 nitrogen and oxygen atoms in total. The van der Waals surface area contributed by atoms with Crippen LogP contribution in [0.25, 0.3) is 0 Å². The maximum Gasteiger partial charge on any atom is 0.416 e. The molecule has 24 heavy (non-hydrogen) atoms. The van der Waals surface area contributed by atoms with Crippen LogP contribution in [0, 0.1) is 0 Å². The molecule has 0 fully saturated rings. The number of rotatable bonds is 3. The van der Waals surface area contributed by atoms with Gasteiger partial charge in [-0.25, -0.2) is 9.97 Å². The summed E-state index contributed by atoms with van der Waals surface area (Å²) in [5.41, 5.74) is -3.18. The molecular formula is C14H9F6N3O. The number of carbonyl (C=O) groups is 1. The molecule has 1 aromatic heterocycles. The van der Waals surface area contributed by atoms with Crippen molar-refractivity contribution < 1.29 is 31.1 Å². The Bertz CT molecular complexity index is 695. The Labute approximate surface area is 131 Å². The third-order valence-corrected chi connectivity index (χ3v) is 2.92. The second kappa shape index (κ2) is 6.46. The van der Waals surface area contributed by atoms with Gasteiger partial charge in [0, 0.05) is 18.9 Å². The quantitative estimate of drug-likeness (QED) is 0.864. The fraction of sp³-hybridized carbons (Fsp3) is 0.214. The number of hydrogen-bond acceptors (Lipinski definition) is 3. The first kappa shape index (κ1) is 17.7. The summed E-state index contributed by atoms with van der Waals surface area (Å²) in [4.78, 5) is 18.9. The van der Waals surface area contributed by atoms with Crippen molar-refractivity contribution in [1.29, 1.82) is 0 Å². The van der Waals surface area contributed by atoms with Crippen LogP contribution >= 0.6 is 0 Å². The third-order valence-electron chi connectivity index (χ3n) is 2.92. The lowest BCUT2D eigenvalue weighted by Crippen LogP contribution is -2.23. The van der Waals surface area contributed by atoms with Crippen LogP contribution in [0.3, 0.4) is 0 Å². The number of aromatic nitrogens is 2. The van der Waals surface area contributed by atoms with Gasteiger partial charge in [0.05, 0.1) is 16.7 Å². The van der Waals surface area contributed by atoms with Gasteiger partial charge in [0.1, 0.15) is 6.33 Å². The minimum Gasteiger partial charge on any atom is -0.348 e. The molecule has 2 rings (SSSR count). The lowest BCUT2D eigenvalue weighted by Gasteiger charge is -2.14. The molecule has 1 aromatic carbocycles. The van der Waals surface area contributed by atoms with E-state index in [1.165, 1.54) is 6.33 Å². The lowest BCUT2D eigenvalue weighted by atomic mass is 10.0. The summed E-state index contributed by atoms with van der Waals surface area (Å²) in [6, 6.07) is 1.13. The number of alkyl halides is 6. The van der Waals surface area contributed by atoms with Gasteiger partial charge in [-0.15, -0.1) is 0 Å². The summed E-state index contributed by atoms with van der Waals surface area (Å²) in [5.74, 6) is -0.721. The topological polar surface area (TPSA) is 54.9 Å². The van der Waals surface area contributed by atoms with Gasteiger partial charge in [0.15, 0.2) is 0 Å². The van der Waals surface area contributed by atoms with E-state index in [0.29, 0.717) is 12.1 Å². The van der Waals surface area contributed by atoms with Crippen LogP contribution in [0.4, 0.5) is 26.3 Å². The van der Waals surface area contributed by atoms with Crippen LogP contribution in [0.15, 0.2) is 36.9 Å². The van der Waals surface area contributed by atoms with Gasteiger partial charge in [-0.05, 0) is 23.8 Å². The molecule has 10 heteroatoms. The summed E-state index contributed by atoms with van der Waals surface area (Å²) in [6.07, 6.45) is -6.38. The van der Waals surface area contributed by atoms with Crippen molar-refractivity contribution in [1.82, 2.24) is 15.3 Å². The number of nitrogens with zero attached hydrogens (tertiary/aromatic N) is 2. The molecule has 128 valence electrons. The highest BCUT2D eigenvalue weighted by molar-refractivity contribution is 5.93. The molecule has 0 spiro atoms. The Morgan fingerprint density at radius 3 is 1.88 bits per heavy atom. The predicted molar refractivity (Wildman–Crippen MR) is 69.6 cm³/mol. The standard InChI is InChI=1S/C14H9F6N3O/c15-13(16,17)10-1-8(2-11(3-10)14(18,19)20)4-23-12(24)9-5-21-7-22-6-9/h1-3,5-7H,4H2,(H,23,24). The van der Waals surface area contributed by atoms with Gasteiger partial charge < -0.3 is 5.32 Å². The molecule has 1 heterocycles. The Kier molecular flexibility index (Phi) is 4.76. The number of nitrogens with one attached hydrogen (secondary N) is 1. The minimum absolute atomic E-state index is 0.0242. The summed E-state index contributed by atoms with van der Waals surface area (Å²) >= 11 is 0. The van der Waals surface area contributed by atoms with Crippen molar-refractivity contribution in [3.63, 3.8) is 0 Å². The molecule has 0 saturated heterocycles. The zero-order valence-electron chi connectivity index (χ0n) is 11.7. The summed E-state index contributed by atoms with van der Waals surface area (Å²) in [7, 11) is 0. The van der Waals surface area contributed by atoms with Crippen LogP contribution in [-0.2, 0) is 18.9 Å². The predicted octanol–water partition coefficient (Wildman–Crippen LogP) is 3.44. The third kappa shape index (κ3) is 4.43. The van der Waals surface area contributed by atoms with E-state index in [-0.39, 0.29) is 17.2 Å². The Balaban J connectivity index is 2.25. The highest BCUT2D eigenvalue weighted by atomic mass is 19.4. The van der Waals surface area contributed by atoms with E-state index in [1.807, 2.05) is 0 Å². The van der Waals surface area contributed by atoms with Gasteiger partial charge in [-0.2, -0.15) is 26.3 Å². The first-order chi connectivity index (χ1) is 11.1. The van der Waals surface area contributed by atoms with E-state index >= 15 is 0 Å². The average Bonchev–Trinajstić information content (AvgIpc) is 2.51. The van der Waals surface area contributed by atoms with Crippen LogP contribution in [0.2, 0.25) is 0 Å². The molecule has 0 radical (unpaired) electrons. The SMILES string of the molecule is O=C(NCc1cc(C(F)(F)F)cc(C(F)(F)F)c1)c1cncnc1. The number of amides is 1. The van der Waals surface area contributed by atoms with Crippen LogP contribution in [0.5, 0.6) is 0 Å². The lowest BCUT2D eigenvalue weighted by molar-refractivity contribution is -0.143. The number of halogens is 6. The van der Waals surface area contributed by atoms with Gasteiger partial charge in [0.25, 0.3) is 5.91 Å². The maximum absolute atomic E-state index is 12.7. The summed E-state index contributed by atoms with van der Waals surface area (Å²) in [6.45, 7) is -0.513. The largest absolute Gasteiger partial charge is 0.416 e. The maximum atomic E-state index is 12.7. The Morgan fingerprint density at radius 1 is 0.917 bits per heavy atom. The molecule has 0 saturated carbocycles. The van der Waals surface area contributed by atoms with E-state index in [4.69, 9.17) is 0 Å². The molecule has 0 aliphatic rings. The molecular weight excluding hydrogens is 340 g/mol. The zero-order valence-corrected chi connectivity index (χ0v) is 11.7. The molecule has 0 unspecified atom stereocenters. The first-order valence-corrected chi connectivity index (χ1v) is 6.39. The number of benzene rings is 1. The highest BCUT2D eigenvalue weighted by Gasteiger charge is 2.36. The Morgan fingerprint density at radius 2 is 1.42 bits per heavy atom. The zero-order chi connectivity index (χ0) is 18.0. The van der Waals surface area contributed by atoms with Gasteiger partial charge in [0.2, 0.25) is 0 Å². The fourth-order valence-corrected chi connectivity index (χ4v) is 1.82. The van der Waals surface area contributed by atoms with Crippen LogP contribution < -0.4 is 5.32 Å². The first-order valence-electron chi connectivity index (χ1n) is 6.39. The normalized spacial score (nSPS) is 12.1. The Hall–Kier alpha value is -2.65. The second-order valence-electron chi connectivity index (χ2n) is 4.72. The smallest absolute Gasteiger partial charge is 0.348 e. The van der Waals surface area contributed by atoms with E-state index in [0.717, 1.165) is 12.4 Å². The number of hydrogen-bond donors (Lipinski definition) is 1. The molecule has 1 N–H and O–H groups in total. The van der Waals surface area contributed by atoms with Crippen molar-refractivity contribution >= 4 is 5.91 Å². The monoisotopic (exact) mass is 349 g/mol. The van der Waals surface area contributed by atoms with E-state index in [1.54, 1.807) is 0 Å². The van der Waals surface area contributed by atoms with Crippen molar-refractivity contribution in [2.75, 3.05) is 0 Å². The van der Waals surface area contributed by atoms with Crippen LogP contribution in [0.1, 0.15) is 27.0 Å².